The van der Waals surface area contributed by atoms with Crippen LogP contribution < -0.4 is 5.32 Å². The van der Waals surface area contributed by atoms with E-state index >= 15 is 0 Å². The number of hydrogen-bond acceptors (Lipinski definition) is 5. The highest BCUT2D eigenvalue weighted by Gasteiger charge is 2.21. The lowest BCUT2D eigenvalue weighted by Crippen LogP contribution is -2.32. The molecular formula is C13H18N6O3. The molecule has 9 heteroatoms. The molecule has 0 fully saturated rings. The molecule has 0 saturated heterocycles. The largest absolute Gasteiger partial charge is 0.349 e. The molecule has 0 spiro atoms. The van der Waals surface area contributed by atoms with E-state index in [-0.39, 0.29) is 11.6 Å². The van der Waals surface area contributed by atoms with Crippen molar-refractivity contribution in [1.29, 1.82) is 0 Å². The number of nitrogens with one attached hydrogen (secondary N) is 1. The first-order chi connectivity index (χ1) is 10.4. The molecule has 1 amide bonds. The maximum Gasteiger partial charge on any atom is 0.307 e. The third-order valence-corrected chi connectivity index (χ3v) is 3.42. The van der Waals surface area contributed by atoms with Crippen molar-refractivity contribution in [3.63, 3.8) is 0 Å². The molecule has 0 aliphatic carbocycles. The highest BCUT2D eigenvalue weighted by Crippen LogP contribution is 2.16. The van der Waals surface area contributed by atoms with Crippen molar-refractivity contribution in [2.75, 3.05) is 0 Å². The Morgan fingerprint density at radius 1 is 1.55 bits per heavy atom. The van der Waals surface area contributed by atoms with Crippen molar-refractivity contribution < 1.29 is 9.72 Å². The Hall–Kier alpha value is -2.71. The van der Waals surface area contributed by atoms with Crippen LogP contribution in [0.3, 0.4) is 0 Å². The van der Waals surface area contributed by atoms with E-state index in [1.807, 2.05) is 27.0 Å². The summed E-state index contributed by atoms with van der Waals surface area (Å²) in [5.74, 6) is -0.246. The van der Waals surface area contributed by atoms with Crippen LogP contribution in [0, 0.1) is 17.0 Å². The smallest absolute Gasteiger partial charge is 0.307 e. The third-order valence-electron chi connectivity index (χ3n) is 3.42. The van der Waals surface area contributed by atoms with Crippen LogP contribution in [-0.4, -0.2) is 30.4 Å². The lowest BCUT2D eigenvalue weighted by atomic mass is 10.2. The van der Waals surface area contributed by atoms with E-state index in [1.54, 1.807) is 4.68 Å². The maximum atomic E-state index is 12.2. The standard InChI is InChI=1S/C13H18N6O3/c1-4-12(18-8-11(7-15-18)19(21)22)13(20)14-6-10-5-9(2)17(3)16-10/h5,7-8,12H,4,6H2,1-3H3,(H,14,20). The molecule has 0 saturated carbocycles. The first-order valence-corrected chi connectivity index (χ1v) is 6.88. The number of aryl methyl sites for hydroxylation is 2. The van der Waals surface area contributed by atoms with Crippen LogP contribution in [0.4, 0.5) is 5.69 Å². The van der Waals surface area contributed by atoms with E-state index in [9.17, 15) is 14.9 Å². The van der Waals surface area contributed by atoms with Crippen molar-refractivity contribution in [1.82, 2.24) is 24.9 Å². The quantitative estimate of drug-likeness (QED) is 0.635. The molecule has 0 aromatic carbocycles. The molecule has 1 N–H and O–H groups in total. The van der Waals surface area contributed by atoms with Gasteiger partial charge in [-0.05, 0) is 19.4 Å². The van der Waals surface area contributed by atoms with Crippen molar-refractivity contribution in [2.45, 2.75) is 32.9 Å². The van der Waals surface area contributed by atoms with Gasteiger partial charge >= 0.3 is 5.69 Å². The van der Waals surface area contributed by atoms with E-state index in [4.69, 9.17) is 0 Å². The second-order valence-electron chi connectivity index (χ2n) is 4.98. The van der Waals surface area contributed by atoms with E-state index in [1.165, 1.54) is 10.9 Å². The second-order valence-corrected chi connectivity index (χ2v) is 4.98. The number of nitro groups is 1. The summed E-state index contributed by atoms with van der Waals surface area (Å²) in [6, 6.07) is 1.30. The van der Waals surface area contributed by atoms with Gasteiger partial charge in [0.1, 0.15) is 18.4 Å². The minimum absolute atomic E-state index is 0.133. The fourth-order valence-electron chi connectivity index (χ4n) is 2.10. The van der Waals surface area contributed by atoms with E-state index in [2.05, 4.69) is 15.5 Å². The summed E-state index contributed by atoms with van der Waals surface area (Å²) in [5, 5.41) is 21.6. The van der Waals surface area contributed by atoms with E-state index < -0.39 is 11.0 Å². The fourth-order valence-corrected chi connectivity index (χ4v) is 2.10. The first kappa shape index (κ1) is 15.7. The third kappa shape index (κ3) is 3.30. The van der Waals surface area contributed by atoms with Gasteiger partial charge in [-0.15, -0.1) is 0 Å². The number of aromatic nitrogens is 4. The number of carbonyl (C=O) groups excluding carboxylic acids is 1. The molecule has 1 atom stereocenters. The van der Waals surface area contributed by atoms with Crippen LogP contribution in [0.15, 0.2) is 18.5 Å². The van der Waals surface area contributed by atoms with Gasteiger partial charge in [0.2, 0.25) is 5.91 Å². The Labute approximate surface area is 127 Å². The topological polar surface area (TPSA) is 108 Å². The van der Waals surface area contributed by atoms with Crippen molar-refractivity contribution in [2.24, 2.45) is 7.05 Å². The summed E-state index contributed by atoms with van der Waals surface area (Å²) in [6.07, 6.45) is 2.88. The predicted octanol–water partition coefficient (Wildman–Crippen LogP) is 1.10. The Balaban J connectivity index is 2.03. The molecule has 2 aromatic heterocycles. The zero-order valence-electron chi connectivity index (χ0n) is 12.7. The van der Waals surface area contributed by atoms with Crippen molar-refractivity contribution >= 4 is 11.6 Å². The number of carbonyl (C=O) groups is 1. The molecule has 118 valence electrons. The highest BCUT2D eigenvalue weighted by molar-refractivity contribution is 5.80. The predicted molar refractivity (Wildman–Crippen MR) is 78.0 cm³/mol. The molecule has 2 rings (SSSR count). The van der Waals surface area contributed by atoms with Crippen molar-refractivity contribution in [3.05, 3.63) is 40.0 Å². The molecular weight excluding hydrogens is 288 g/mol. The van der Waals surface area contributed by atoms with Gasteiger partial charge in [-0.3, -0.25) is 24.3 Å². The summed E-state index contributed by atoms with van der Waals surface area (Å²) in [4.78, 5) is 22.4. The molecule has 1 unspecified atom stereocenters. The number of nitrogens with zero attached hydrogens (tertiary/aromatic N) is 5. The van der Waals surface area contributed by atoms with Crippen LogP contribution >= 0.6 is 0 Å². The average molecular weight is 306 g/mol. The van der Waals surface area contributed by atoms with Crippen LogP contribution in [0.5, 0.6) is 0 Å². The molecule has 0 radical (unpaired) electrons. The Morgan fingerprint density at radius 2 is 2.27 bits per heavy atom. The zero-order chi connectivity index (χ0) is 16.3. The van der Waals surface area contributed by atoms with E-state index in [0.29, 0.717) is 13.0 Å². The number of hydrogen-bond donors (Lipinski definition) is 1. The average Bonchev–Trinajstić information content (AvgIpc) is 3.06. The molecule has 2 aromatic rings. The van der Waals surface area contributed by atoms with Crippen LogP contribution in [0.2, 0.25) is 0 Å². The zero-order valence-corrected chi connectivity index (χ0v) is 12.7. The van der Waals surface area contributed by atoms with Gasteiger partial charge in [-0.1, -0.05) is 6.92 Å². The molecule has 0 aliphatic heterocycles. The first-order valence-electron chi connectivity index (χ1n) is 6.88. The molecule has 22 heavy (non-hydrogen) atoms. The Bertz CT molecular complexity index is 670. The number of amides is 1. The summed E-state index contributed by atoms with van der Waals surface area (Å²) in [6.45, 7) is 4.05. The van der Waals surface area contributed by atoms with Crippen molar-refractivity contribution in [3.8, 4) is 0 Å². The summed E-state index contributed by atoms with van der Waals surface area (Å²) in [5.41, 5.74) is 1.63. The summed E-state index contributed by atoms with van der Waals surface area (Å²) >= 11 is 0. The monoisotopic (exact) mass is 306 g/mol. The molecule has 0 bridgehead atoms. The van der Waals surface area contributed by atoms with Gasteiger partial charge in [0, 0.05) is 12.7 Å². The lowest BCUT2D eigenvalue weighted by molar-refractivity contribution is -0.385. The van der Waals surface area contributed by atoms with Gasteiger partial charge in [0.15, 0.2) is 0 Å². The highest BCUT2D eigenvalue weighted by atomic mass is 16.6. The fraction of sp³-hybridized carbons (Fsp3) is 0.462. The van der Waals surface area contributed by atoms with Crippen LogP contribution in [-0.2, 0) is 18.4 Å². The molecule has 9 nitrogen and oxygen atoms in total. The van der Waals surface area contributed by atoms with Gasteiger partial charge in [-0.2, -0.15) is 10.2 Å². The molecule has 0 aliphatic rings. The minimum Gasteiger partial charge on any atom is -0.349 e. The van der Waals surface area contributed by atoms with Gasteiger partial charge in [0.05, 0.1) is 17.2 Å². The number of rotatable bonds is 6. The van der Waals surface area contributed by atoms with Gasteiger partial charge in [0.25, 0.3) is 0 Å². The Morgan fingerprint density at radius 3 is 2.77 bits per heavy atom. The second kappa shape index (κ2) is 6.37. The summed E-state index contributed by atoms with van der Waals surface area (Å²) in [7, 11) is 1.83. The van der Waals surface area contributed by atoms with Crippen LogP contribution in [0.25, 0.3) is 0 Å². The van der Waals surface area contributed by atoms with Crippen LogP contribution in [0.1, 0.15) is 30.8 Å². The Kier molecular flexibility index (Phi) is 4.54. The SMILES string of the molecule is CCC(C(=O)NCc1cc(C)n(C)n1)n1cc([N+](=O)[O-])cn1. The van der Waals surface area contributed by atoms with Gasteiger partial charge in [-0.25, -0.2) is 0 Å². The maximum absolute atomic E-state index is 12.2. The van der Waals surface area contributed by atoms with Gasteiger partial charge < -0.3 is 5.32 Å². The molecule has 2 heterocycles. The lowest BCUT2D eigenvalue weighted by Gasteiger charge is -2.14. The van der Waals surface area contributed by atoms with E-state index in [0.717, 1.165) is 17.6 Å². The minimum atomic E-state index is -0.585. The summed E-state index contributed by atoms with van der Waals surface area (Å²) < 4.78 is 3.05. The normalized spacial score (nSPS) is 12.1.